The molecule has 1 fully saturated rings. The van der Waals surface area contributed by atoms with E-state index in [0.29, 0.717) is 11.6 Å². The van der Waals surface area contributed by atoms with Crippen LogP contribution < -0.4 is 4.72 Å². The normalized spacial score (nSPS) is 21.9. The van der Waals surface area contributed by atoms with Crippen molar-refractivity contribution < 1.29 is 8.42 Å². The first kappa shape index (κ1) is 20.3. The minimum Gasteiger partial charge on any atom is -0.239 e. The van der Waals surface area contributed by atoms with Gasteiger partial charge in [-0.1, -0.05) is 45.0 Å². The van der Waals surface area contributed by atoms with Crippen molar-refractivity contribution in [2.75, 3.05) is 0 Å². The van der Waals surface area contributed by atoms with Gasteiger partial charge in [-0.05, 0) is 54.2 Å². The Balaban J connectivity index is 1.72. The van der Waals surface area contributed by atoms with Crippen LogP contribution in [0.2, 0.25) is 0 Å². The summed E-state index contributed by atoms with van der Waals surface area (Å²) in [6.07, 6.45) is 4.46. The van der Waals surface area contributed by atoms with Gasteiger partial charge < -0.3 is 0 Å². The van der Waals surface area contributed by atoms with Crippen LogP contribution in [-0.2, 0) is 10.0 Å². The van der Waals surface area contributed by atoms with Crippen molar-refractivity contribution in [2.24, 2.45) is 11.3 Å². The molecular formula is C22H27N3O2S2. The van der Waals surface area contributed by atoms with Crippen molar-refractivity contribution in [2.45, 2.75) is 51.0 Å². The number of para-hydroxylation sites is 1. The number of hydrogen-bond donors (Lipinski definition) is 1. The van der Waals surface area contributed by atoms with E-state index >= 15 is 0 Å². The van der Waals surface area contributed by atoms with E-state index in [1.807, 2.05) is 47.8 Å². The summed E-state index contributed by atoms with van der Waals surface area (Å²) >= 11 is 1.49. The van der Waals surface area contributed by atoms with Crippen molar-refractivity contribution in [1.29, 1.82) is 0 Å². The maximum atomic E-state index is 13.4. The van der Waals surface area contributed by atoms with Gasteiger partial charge in [-0.15, -0.1) is 11.3 Å². The summed E-state index contributed by atoms with van der Waals surface area (Å²) in [6, 6.07) is 13.4. The maximum Gasteiger partial charge on any atom is 0.244 e. The Kier molecular flexibility index (Phi) is 5.40. The van der Waals surface area contributed by atoms with E-state index in [0.717, 1.165) is 29.8 Å². The second-order valence-corrected chi connectivity index (χ2v) is 11.5. The topological polar surface area (TPSA) is 64.0 Å². The van der Waals surface area contributed by atoms with Crippen molar-refractivity contribution >= 4 is 21.4 Å². The Labute approximate surface area is 176 Å². The highest BCUT2D eigenvalue weighted by atomic mass is 32.2. The summed E-state index contributed by atoms with van der Waals surface area (Å²) in [5.74, 6) is 0.496. The zero-order chi connectivity index (χ0) is 20.6. The van der Waals surface area contributed by atoms with Gasteiger partial charge >= 0.3 is 0 Å². The van der Waals surface area contributed by atoms with Crippen LogP contribution >= 0.6 is 11.3 Å². The molecule has 2 aromatic heterocycles. The largest absolute Gasteiger partial charge is 0.244 e. The highest BCUT2D eigenvalue weighted by Gasteiger charge is 2.35. The molecule has 1 N–H and O–H groups in total. The lowest BCUT2D eigenvalue weighted by Crippen LogP contribution is -2.42. The zero-order valence-electron chi connectivity index (χ0n) is 17.0. The minimum absolute atomic E-state index is 0.0602. The molecule has 2 heterocycles. The predicted octanol–water partition coefficient (Wildman–Crippen LogP) is 5.09. The van der Waals surface area contributed by atoms with Gasteiger partial charge in [-0.2, -0.15) is 5.10 Å². The number of nitrogens with one attached hydrogen (secondary N) is 1. The van der Waals surface area contributed by atoms with Crippen molar-refractivity contribution in [3.8, 4) is 16.3 Å². The summed E-state index contributed by atoms with van der Waals surface area (Å²) < 4.78 is 31.5. The second-order valence-electron chi connectivity index (χ2n) is 8.83. The van der Waals surface area contributed by atoms with Gasteiger partial charge in [0.2, 0.25) is 10.0 Å². The molecule has 154 valence electrons. The number of aromatic nitrogens is 2. The fourth-order valence-electron chi connectivity index (χ4n) is 4.57. The average molecular weight is 430 g/mol. The predicted molar refractivity (Wildman–Crippen MR) is 118 cm³/mol. The first-order valence-corrected chi connectivity index (χ1v) is 12.3. The molecule has 0 bridgehead atoms. The Bertz CT molecular complexity index is 1070. The number of nitrogens with zero attached hydrogens (tertiary/aromatic N) is 2. The number of thiophene rings is 1. The van der Waals surface area contributed by atoms with Crippen LogP contribution in [0.15, 0.2) is 58.9 Å². The molecule has 2 atom stereocenters. The molecule has 0 spiro atoms. The molecule has 4 rings (SSSR count). The molecule has 0 aliphatic heterocycles. The minimum atomic E-state index is -3.70. The zero-order valence-corrected chi connectivity index (χ0v) is 18.6. The standard InChI is InChI=1S/C22H27N3O2S2/c1-16-12-17(14-22(2,3)13-16)24-29(26,27)20-15-25(18-8-5-4-6-9-18)23-21(20)19-10-7-11-28-19/h4-11,15-17,24H,12-14H2,1-3H3. The SMILES string of the molecule is CC1CC(NS(=O)(=O)c2cn(-c3ccccc3)nc2-c2cccs2)CC(C)(C)C1. The van der Waals surface area contributed by atoms with Gasteiger partial charge in [0.1, 0.15) is 10.6 Å². The summed E-state index contributed by atoms with van der Waals surface area (Å²) in [5.41, 5.74) is 1.47. The molecule has 7 heteroatoms. The Hall–Kier alpha value is -1.96. The third-order valence-electron chi connectivity index (χ3n) is 5.45. The highest BCUT2D eigenvalue weighted by Crippen LogP contribution is 2.39. The van der Waals surface area contributed by atoms with Gasteiger partial charge in [-0.3, -0.25) is 0 Å². The van der Waals surface area contributed by atoms with E-state index in [9.17, 15) is 8.42 Å². The molecule has 0 saturated heterocycles. The van der Waals surface area contributed by atoms with Crippen LogP contribution in [0, 0.1) is 11.3 Å². The highest BCUT2D eigenvalue weighted by molar-refractivity contribution is 7.89. The molecule has 0 radical (unpaired) electrons. The fraction of sp³-hybridized carbons (Fsp3) is 0.409. The lowest BCUT2D eigenvalue weighted by molar-refractivity contribution is 0.163. The van der Waals surface area contributed by atoms with Gasteiger partial charge in [0.15, 0.2) is 0 Å². The van der Waals surface area contributed by atoms with E-state index in [1.165, 1.54) is 11.3 Å². The number of sulfonamides is 1. The van der Waals surface area contributed by atoms with E-state index in [1.54, 1.807) is 10.9 Å². The van der Waals surface area contributed by atoms with Crippen LogP contribution in [0.3, 0.4) is 0 Å². The number of rotatable bonds is 5. The van der Waals surface area contributed by atoms with Gasteiger partial charge in [-0.25, -0.2) is 17.8 Å². The van der Waals surface area contributed by atoms with E-state index in [2.05, 4.69) is 30.6 Å². The monoisotopic (exact) mass is 429 g/mol. The molecule has 1 saturated carbocycles. The first-order chi connectivity index (χ1) is 13.7. The molecule has 1 aromatic carbocycles. The van der Waals surface area contributed by atoms with Crippen molar-refractivity contribution in [3.05, 3.63) is 54.0 Å². The van der Waals surface area contributed by atoms with E-state index in [-0.39, 0.29) is 16.4 Å². The fourth-order valence-corrected chi connectivity index (χ4v) is 6.75. The molecule has 0 amide bonds. The molecule has 2 unspecified atom stereocenters. The lowest BCUT2D eigenvalue weighted by atomic mass is 9.71. The summed E-state index contributed by atoms with van der Waals surface area (Å²) in [4.78, 5) is 1.08. The summed E-state index contributed by atoms with van der Waals surface area (Å²) in [6.45, 7) is 6.63. The van der Waals surface area contributed by atoms with E-state index < -0.39 is 10.0 Å². The lowest BCUT2D eigenvalue weighted by Gasteiger charge is -2.39. The Morgan fingerprint density at radius 1 is 1.14 bits per heavy atom. The van der Waals surface area contributed by atoms with Crippen LogP contribution in [-0.4, -0.2) is 24.2 Å². The number of hydrogen-bond acceptors (Lipinski definition) is 4. The van der Waals surface area contributed by atoms with Crippen LogP contribution in [0.4, 0.5) is 0 Å². The Morgan fingerprint density at radius 2 is 1.90 bits per heavy atom. The van der Waals surface area contributed by atoms with Crippen LogP contribution in [0.5, 0.6) is 0 Å². The van der Waals surface area contributed by atoms with Gasteiger partial charge in [0, 0.05) is 6.04 Å². The molecular weight excluding hydrogens is 402 g/mol. The van der Waals surface area contributed by atoms with Crippen molar-refractivity contribution in [1.82, 2.24) is 14.5 Å². The van der Waals surface area contributed by atoms with Gasteiger partial charge in [0.05, 0.1) is 16.8 Å². The Morgan fingerprint density at radius 3 is 2.55 bits per heavy atom. The molecule has 3 aromatic rings. The van der Waals surface area contributed by atoms with Crippen molar-refractivity contribution in [3.63, 3.8) is 0 Å². The van der Waals surface area contributed by atoms with E-state index in [4.69, 9.17) is 0 Å². The van der Waals surface area contributed by atoms with Crippen LogP contribution in [0.1, 0.15) is 40.0 Å². The smallest absolute Gasteiger partial charge is 0.239 e. The summed E-state index contributed by atoms with van der Waals surface area (Å²) in [5, 5.41) is 6.57. The molecule has 1 aliphatic carbocycles. The maximum absolute atomic E-state index is 13.4. The van der Waals surface area contributed by atoms with Crippen LogP contribution in [0.25, 0.3) is 16.3 Å². The number of benzene rings is 1. The quantitative estimate of drug-likeness (QED) is 0.614. The molecule has 1 aliphatic rings. The van der Waals surface area contributed by atoms with Gasteiger partial charge in [0.25, 0.3) is 0 Å². The molecule has 29 heavy (non-hydrogen) atoms. The second kappa shape index (κ2) is 7.70. The molecule has 5 nitrogen and oxygen atoms in total. The first-order valence-electron chi connectivity index (χ1n) is 9.95. The summed E-state index contributed by atoms with van der Waals surface area (Å²) in [7, 11) is -3.70. The third kappa shape index (κ3) is 4.47. The third-order valence-corrected chi connectivity index (χ3v) is 7.85. The average Bonchev–Trinajstić information content (AvgIpc) is 3.30.